The molecule has 146 valence electrons. The number of carbonyl (C=O) groups excluding carboxylic acids is 1. The minimum Gasteiger partial charge on any atom is -0.245 e. The van der Waals surface area contributed by atoms with Crippen LogP contribution in [0.3, 0.4) is 0 Å². The zero-order chi connectivity index (χ0) is 18.4. The van der Waals surface area contributed by atoms with Gasteiger partial charge in [-0.05, 0) is 106 Å². The Kier molecular flexibility index (Phi) is 5.01. The van der Waals surface area contributed by atoms with E-state index in [2.05, 4.69) is 11.9 Å². The van der Waals surface area contributed by atoms with E-state index in [0.717, 1.165) is 18.8 Å². The number of hydrogen-bond donors (Lipinski definition) is 0. The normalized spacial score (nSPS) is 51.7. The Morgan fingerprint density at radius 2 is 1.38 bits per heavy atom. The fraction of sp³-hybridized carbons (Fsp3) is 0.955. The smallest absolute Gasteiger partial charge is 0.235 e. The van der Waals surface area contributed by atoms with Gasteiger partial charge in [-0.3, -0.25) is 0 Å². The molecule has 0 spiro atoms. The maximum Gasteiger partial charge on any atom is 0.235 e. The third-order valence-corrected chi connectivity index (χ3v) is 8.98. The highest BCUT2D eigenvalue weighted by Crippen LogP contribution is 2.62. The van der Waals surface area contributed by atoms with Crippen LogP contribution in [0.1, 0.15) is 84.0 Å². The predicted octanol–water partition coefficient (Wildman–Crippen LogP) is 5.94. The molecule has 5 saturated carbocycles. The summed E-state index contributed by atoms with van der Waals surface area (Å²) in [6.07, 6.45) is 12.7. The second-order valence-corrected chi connectivity index (χ2v) is 10.3. The Hall–Kier alpha value is -0.760. The Balaban J connectivity index is 1.34. The van der Waals surface area contributed by atoms with Gasteiger partial charge >= 0.3 is 0 Å². The average molecular weight is 366 g/mol. The Morgan fingerprint density at radius 3 is 1.88 bits per heavy atom. The number of halogens is 2. The van der Waals surface area contributed by atoms with Gasteiger partial charge in [-0.2, -0.15) is 4.99 Å². The van der Waals surface area contributed by atoms with Crippen LogP contribution in [-0.2, 0) is 4.79 Å². The number of isocyanates is 1. The van der Waals surface area contributed by atoms with Crippen LogP contribution in [0.2, 0.25) is 0 Å². The number of hydrogen-bond acceptors (Lipinski definition) is 2. The maximum absolute atomic E-state index is 14.3. The molecule has 0 amide bonds. The maximum atomic E-state index is 14.3. The lowest BCUT2D eigenvalue weighted by atomic mass is 9.48. The minimum atomic E-state index is -1.32. The highest BCUT2D eigenvalue weighted by Gasteiger charge is 2.51. The van der Waals surface area contributed by atoms with Gasteiger partial charge in [0.1, 0.15) is 18.4 Å². The Labute approximate surface area is 156 Å². The molecule has 2 atom stereocenters. The molecule has 0 N–H and O–H groups in total. The van der Waals surface area contributed by atoms with Gasteiger partial charge in [0, 0.05) is 0 Å². The van der Waals surface area contributed by atoms with E-state index >= 15 is 0 Å². The first-order chi connectivity index (χ1) is 12.4. The molecule has 0 aliphatic heterocycles. The molecule has 5 fully saturated rings. The number of rotatable bonds is 3. The summed E-state index contributed by atoms with van der Waals surface area (Å²) in [6, 6.07) is -1.11. The summed E-state index contributed by atoms with van der Waals surface area (Å²) >= 11 is 0. The lowest BCUT2D eigenvalue weighted by Crippen LogP contribution is -2.46. The van der Waals surface area contributed by atoms with Gasteiger partial charge in [-0.15, -0.1) is 0 Å². The van der Waals surface area contributed by atoms with E-state index < -0.39 is 18.4 Å². The van der Waals surface area contributed by atoms with Gasteiger partial charge in [0.2, 0.25) is 6.08 Å². The quantitative estimate of drug-likeness (QED) is 0.449. The SMILES string of the molecule is CC12CCC(C3CCC(C4CC(F)C(N=C=O)C(F)C4)CC3)(CC1)CC2. The lowest BCUT2D eigenvalue weighted by Gasteiger charge is -2.57. The van der Waals surface area contributed by atoms with Crippen molar-refractivity contribution in [2.24, 2.45) is 33.6 Å². The predicted molar refractivity (Wildman–Crippen MR) is 98.1 cm³/mol. The van der Waals surface area contributed by atoms with Gasteiger partial charge in [-0.1, -0.05) is 6.92 Å². The molecule has 0 radical (unpaired) electrons. The van der Waals surface area contributed by atoms with Crippen molar-refractivity contribution < 1.29 is 13.6 Å². The largest absolute Gasteiger partial charge is 0.245 e. The minimum absolute atomic E-state index is 0.123. The van der Waals surface area contributed by atoms with Crippen molar-refractivity contribution >= 4 is 6.08 Å². The van der Waals surface area contributed by atoms with Gasteiger partial charge < -0.3 is 0 Å². The van der Waals surface area contributed by atoms with E-state index in [1.54, 1.807) is 0 Å². The Morgan fingerprint density at radius 1 is 0.846 bits per heavy atom. The molecule has 0 heterocycles. The monoisotopic (exact) mass is 365 g/mol. The first-order valence-corrected chi connectivity index (χ1v) is 10.8. The van der Waals surface area contributed by atoms with E-state index in [4.69, 9.17) is 0 Å². The first-order valence-electron chi connectivity index (χ1n) is 10.8. The molecule has 0 aromatic heterocycles. The van der Waals surface area contributed by atoms with Crippen molar-refractivity contribution in [2.45, 2.75) is 102 Å². The van der Waals surface area contributed by atoms with E-state index in [1.807, 2.05) is 0 Å². The molecule has 26 heavy (non-hydrogen) atoms. The molecular formula is C22H33F2NO. The van der Waals surface area contributed by atoms with Crippen LogP contribution in [0.15, 0.2) is 4.99 Å². The summed E-state index contributed by atoms with van der Waals surface area (Å²) in [5.74, 6) is 1.41. The van der Waals surface area contributed by atoms with Gasteiger partial charge in [0.05, 0.1) is 0 Å². The van der Waals surface area contributed by atoms with E-state index in [1.165, 1.54) is 57.4 Å². The van der Waals surface area contributed by atoms with E-state index in [-0.39, 0.29) is 5.92 Å². The fourth-order valence-electron chi connectivity index (χ4n) is 7.01. The zero-order valence-corrected chi connectivity index (χ0v) is 16.1. The van der Waals surface area contributed by atoms with Crippen molar-refractivity contribution in [1.82, 2.24) is 0 Å². The molecule has 5 aliphatic rings. The van der Waals surface area contributed by atoms with Crippen molar-refractivity contribution in [3.63, 3.8) is 0 Å². The van der Waals surface area contributed by atoms with Crippen molar-refractivity contribution in [3.8, 4) is 0 Å². The molecule has 0 aromatic carbocycles. The van der Waals surface area contributed by atoms with Crippen LogP contribution < -0.4 is 0 Å². The Bertz CT molecular complexity index is 528. The third-order valence-electron chi connectivity index (χ3n) is 8.98. The van der Waals surface area contributed by atoms with E-state index in [0.29, 0.717) is 29.6 Å². The second-order valence-electron chi connectivity index (χ2n) is 10.3. The van der Waals surface area contributed by atoms with Gasteiger partial charge in [-0.25, -0.2) is 13.6 Å². The molecular weight excluding hydrogens is 332 g/mol. The molecule has 4 heteroatoms. The molecule has 5 aliphatic carbocycles. The summed E-state index contributed by atoms with van der Waals surface area (Å²) in [5.41, 5.74) is 1.21. The molecule has 0 aromatic rings. The summed E-state index contributed by atoms with van der Waals surface area (Å²) in [6.45, 7) is 2.47. The standard InChI is InChI=1S/C22H33F2NO/c1-21-6-9-22(10-7-21,11-8-21)17-4-2-15(3-5-17)16-12-18(23)20(25-14-26)19(24)13-16/h15-20H,2-13H2,1H3. The molecule has 2 unspecified atom stereocenters. The number of fused-ring (bicyclic) bond motifs is 3. The van der Waals surface area contributed by atoms with Gasteiger partial charge in [0.25, 0.3) is 0 Å². The number of aliphatic imine (C=N–C) groups is 1. The van der Waals surface area contributed by atoms with Crippen LogP contribution >= 0.6 is 0 Å². The van der Waals surface area contributed by atoms with E-state index in [9.17, 15) is 13.6 Å². The molecule has 2 nitrogen and oxygen atoms in total. The molecule has 2 bridgehead atoms. The number of nitrogens with zero attached hydrogens (tertiary/aromatic N) is 1. The highest BCUT2D eigenvalue weighted by molar-refractivity contribution is 5.34. The van der Waals surface area contributed by atoms with Crippen molar-refractivity contribution in [3.05, 3.63) is 0 Å². The van der Waals surface area contributed by atoms with Crippen LogP contribution in [0.25, 0.3) is 0 Å². The fourth-order valence-corrected chi connectivity index (χ4v) is 7.01. The molecule has 5 rings (SSSR count). The second kappa shape index (κ2) is 7.00. The topological polar surface area (TPSA) is 29.4 Å². The third kappa shape index (κ3) is 3.28. The van der Waals surface area contributed by atoms with Gasteiger partial charge in [0.15, 0.2) is 0 Å². The lowest BCUT2D eigenvalue weighted by molar-refractivity contribution is -0.0583. The van der Waals surface area contributed by atoms with Crippen LogP contribution in [0.5, 0.6) is 0 Å². The first kappa shape index (κ1) is 18.6. The van der Waals surface area contributed by atoms with Crippen molar-refractivity contribution in [2.75, 3.05) is 0 Å². The highest BCUT2D eigenvalue weighted by atomic mass is 19.1. The zero-order valence-electron chi connectivity index (χ0n) is 16.1. The molecule has 0 saturated heterocycles. The summed E-state index contributed by atoms with van der Waals surface area (Å²) in [4.78, 5) is 13.8. The summed E-state index contributed by atoms with van der Waals surface area (Å²) in [5, 5.41) is 0. The summed E-state index contributed by atoms with van der Waals surface area (Å²) < 4.78 is 28.6. The average Bonchev–Trinajstić information content (AvgIpc) is 2.66. The van der Waals surface area contributed by atoms with Crippen LogP contribution in [0, 0.1) is 28.6 Å². The van der Waals surface area contributed by atoms with Crippen LogP contribution in [-0.4, -0.2) is 24.5 Å². The van der Waals surface area contributed by atoms with Crippen molar-refractivity contribution in [1.29, 1.82) is 0 Å². The number of alkyl halides is 2. The van der Waals surface area contributed by atoms with Crippen LogP contribution in [0.4, 0.5) is 8.78 Å². The summed E-state index contributed by atoms with van der Waals surface area (Å²) in [7, 11) is 0.